The summed E-state index contributed by atoms with van der Waals surface area (Å²) in [6, 6.07) is 20.1. The van der Waals surface area contributed by atoms with Crippen LogP contribution < -0.4 is 5.32 Å². The Balaban J connectivity index is 1.55. The maximum absolute atomic E-state index is 12.2. The number of hydrogen-bond donors (Lipinski definition) is 1. The highest BCUT2D eigenvalue weighted by molar-refractivity contribution is 5.93. The van der Waals surface area contributed by atoms with E-state index in [2.05, 4.69) is 52.1 Å². The van der Waals surface area contributed by atoms with Gasteiger partial charge in [-0.2, -0.15) is 0 Å². The van der Waals surface area contributed by atoms with Gasteiger partial charge in [-0.1, -0.05) is 36.4 Å². The van der Waals surface area contributed by atoms with Crippen LogP contribution in [0.3, 0.4) is 0 Å². The number of nitrogens with one attached hydrogen (secondary N) is 1. The molecule has 5 heteroatoms. The van der Waals surface area contributed by atoms with Crippen molar-refractivity contribution in [3.63, 3.8) is 0 Å². The van der Waals surface area contributed by atoms with E-state index < -0.39 is 0 Å². The first-order chi connectivity index (χ1) is 13.7. The molecule has 28 heavy (non-hydrogen) atoms. The van der Waals surface area contributed by atoms with E-state index in [-0.39, 0.29) is 5.91 Å². The van der Waals surface area contributed by atoms with E-state index in [4.69, 9.17) is 4.98 Å². The monoisotopic (exact) mass is 370 g/mol. The van der Waals surface area contributed by atoms with Crippen LogP contribution in [-0.4, -0.2) is 27.0 Å². The summed E-state index contributed by atoms with van der Waals surface area (Å²) in [4.78, 5) is 21.0. The second kappa shape index (κ2) is 8.05. The minimum absolute atomic E-state index is 0.116. The molecule has 0 atom stereocenters. The summed E-state index contributed by atoms with van der Waals surface area (Å²) in [5.74, 6) is 0.852. The van der Waals surface area contributed by atoms with Gasteiger partial charge in [0, 0.05) is 31.9 Å². The van der Waals surface area contributed by atoms with E-state index in [0.29, 0.717) is 18.5 Å². The van der Waals surface area contributed by atoms with E-state index in [1.54, 1.807) is 24.5 Å². The molecule has 0 bridgehead atoms. The lowest BCUT2D eigenvalue weighted by Crippen LogP contribution is -2.26. The van der Waals surface area contributed by atoms with Gasteiger partial charge in [0.1, 0.15) is 5.82 Å². The van der Waals surface area contributed by atoms with Crippen molar-refractivity contribution >= 4 is 16.9 Å². The van der Waals surface area contributed by atoms with Gasteiger partial charge >= 0.3 is 0 Å². The van der Waals surface area contributed by atoms with Crippen molar-refractivity contribution in [3.8, 4) is 0 Å². The van der Waals surface area contributed by atoms with Crippen molar-refractivity contribution < 1.29 is 4.79 Å². The molecule has 0 radical (unpaired) electrons. The molecule has 0 saturated carbocycles. The van der Waals surface area contributed by atoms with Gasteiger partial charge in [-0.05, 0) is 42.3 Å². The molecule has 2 aromatic heterocycles. The Labute approximate surface area is 164 Å². The molecule has 140 valence electrons. The van der Waals surface area contributed by atoms with E-state index >= 15 is 0 Å². The predicted molar refractivity (Wildman–Crippen MR) is 110 cm³/mol. The molecule has 0 fully saturated rings. The van der Waals surface area contributed by atoms with Crippen molar-refractivity contribution in [2.24, 2.45) is 0 Å². The molecule has 1 amide bonds. The van der Waals surface area contributed by atoms with Gasteiger partial charge in [0.2, 0.25) is 0 Å². The number of aromatic nitrogens is 3. The molecule has 0 aliphatic rings. The molecule has 2 aromatic carbocycles. The third kappa shape index (κ3) is 3.78. The summed E-state index contributed by atoms with van der Waals surface area (Å²) < 4.78 is 2.24. The lowest BCUT2D eigenvalue weighted by Gasteiger charge is -2.12. The second-order valence-corrected chi connectivity index (χ2v) is 6.78. The fourth-order valence-corrected chi connectivity index (χ4v) is 3.34. The minimum atomic E-state index is -0.116. The fourth-order valence-electron chi connectivity index (χ4n) is 3.34. The number of amides is 1. The number of carbonyl (C=O) groups excluding carboxylic acids is 1. The number of carbonyl (C=O) groups is 1. The summed E-state index contributed by atoms with van der Waals surface area (Å²) in [5.41, 5.74) is 5.18. The highest BCUT2D eigenvalue weighted by Crippen LogP contribution is 2.19. The number of imidazole rings is 1. The minimum Gasteiger partial charge on any atom is -0.352 e. The summed E-state index contributed by atoms with van der Waals surface area (Å²) in [6.45, 7) is 3.41. The highest BCUT2D eigenvalue weighted by atomic mass is 16.1. The Hall–Kier alpha value is -3.47. The van der Waals surface area contributed by atoms with Crippen molar-refractivity contribution in [2.45, 2.75) is 19.9 Å². The van der Waals surface area contributed by atoms with Crippen molar-refractivity contribution in [2.75, 3.05) is 6.54 Å². The number of hydrogen-bond acceptors (Lipinski definition) is 3. The maximum Gasteiger partial charge on any atom is 0.252 e. The molecule has 0 saturated heterocycles. The summed E-state index contributed by atoms with van der Waals surface area (Å²) >= 11 is 0. The third-order valence-corrected chi connectivity index (χ3v) is 4.88. The van der Waals surface area contributed by atoms with Crippen LogP contribution in [-0.2, 0) is 13.0 Å². The molecule has 1 N–H and O–H groups in total. The maximum atomic E-state index is 12.2. The topological polar surface area (TPSA) is 59.8 Å². The Kier molecular flexibility index (Phi) is 5.15. The Morgan fingerprint density at radius 1 is 1.04 bits per heavy atom. The number of fused-ring (bicyclic) bond motifs is 1. The fraction of sp³-hybridized carbons (Fsp3) is 0.174. The average Bonchev–Trinajstić information content (AvgIpc) is 3.08. The van der Waals surface area contributed by atoms with Crippen LogP contribution in [0.1, 0.15) is 27.3 Å². The average molecular weight is 370 g/mol. The zero-order valence-electron chi connectivity index (χ0n) is 15.8. The SMILES string of the molecule is Cc1ccccc1Cn1c(CCNC(=O)c2cccnc2)nc2ccccc21. The number of para-hydroxylation sites is 2. The largest absolute Gasteiger partial charge is 0.352 e. The zero-order chi connectivity index (χ0) is 19.3. The van der Waals surface area contributed by atoms with Crippen LogP contribution in [0.5, 0.6) is 0 Å². The summed E-state index contributed by atoms with van der Waals surface area (Å²) in [6.07, 6.45) is 3.89. The zero-order valence-corrected chi connectivity index (χ0v) is 15.8. The molecule has 5 nitrogen and oxygen atoms in total. The number of rotatable bonds is 6. The first kappa shape index (κ1) is 17.9. The predicted octanol–water partition coefficient (Wildman–Crippen LogP) is 3.76. The van der Waals surface area contributed by atoms with Crippen LogP contribution in [0, 0.1) is 6.92 Å². The smallest absolute Gasteiger partial charge is 0.252 e. The van der Waals surface area contributed by atoms with E-state index in [1.165, 1.54) is 11.1 Å². The highest BCUT2D eigenvalue weighted by Gasteiger charge is 2.12. The van der Waals surface area contributed by atoms with Gasteiger partial charge in [0.25, 0.3) is 5.91 Å². The molecule has 0 aliphatic carbocycles. The quantitative estimate of drug-likeness (QED) is 0.562. The molecule has 2 heterocycles. The molecule has 4 aromatic rings. The van der Waals surface area contributed by atoms with Crippen molar-refractivity contribution in [1.82, 2.24) is 19.9 Å². The Morgan fingerprint density at radius 2 is 1.86 bits per heavy atom. The molecule has 0 spiro atoms. The van der Waals surface area contributed by atoms with Gasteiger partial charge in [-0.3, -0.25) is 9.78 Å². The van der Waals surface area contributed by atoms with Crippen LogP contribution >= 0.6 is 0 Å². The summed E-state index contributed by atoms with van der Waals surface area (Å²) in [7, 11) is 0. The van der Waals surface area contributed by atoms with Crippen LogP contribution in [0.25, 0.3) is 11.0 Å². The number of pyridine rings is 1. The van der Waals surface area contributed by atoms with Gasteiger partial charge in [-0.15, -0.1) is 0 Å². The Bertz CT molecular complexity index is 1100. The van der Waals surface area contributed by atoms with Crippen molar-refractivity contribution in [1.29, 1.82) is 0 Å². The molecular formula is C23H22N4O. The van der Waals surface area contributed by atoms with E-state index in [1.807, 2.05) is 18.2 Å². The van der Waals surface area contributed by atoms with Gasteiger partial charge < -0.3 is 9.88 Å². The van der Waals surface area contributed by atoms with Crippen molar-refractivity contribution in [3.05, 3.63) is 95.6 Å². The lowest BCUT2D eigenvalue weighted by atomic mass is 10.1. The molecule has 0 unspecified atom stereocenters. The molecule has 4 rings (SSSR count). The van der Waals surface area contributed by atoms with Crippen LogP contribution in [0.15, 0.2) is 73.1 Å². The normalized spacial score (nSPS) is 10.9. The number of aryl methyl sites for hydroxylation is 1. The molecule has 0 aliphatic heterocycles. The van der Waals surface area contributed by atoms with Crippen LogP contribution in [0.4, 0.5) is 0 Å². The second-order valence-electron chi connectivity index (χ2n) is 6.78. The van der Waals surface area contributed by atoms with Crippen LogP contribution in [0.2, 0.25) is 0 Å². The van der Waals surface area contributed by atoms with E-state index in [0.717, 1.165) is 23.4 Å². The first-order valence-electron chi connectivity index (χ1n) is 9.39. The summed E-state index contributed by atoms with van der Waals surface area (Å²) in [5, 5.41) is 2.96. The standard InChI is InChI=1S/C23H22N4O/c1-17-7-2-3-8-19(17)16-27-21-11-5-4-10-20(21)26-22(27)12-14-25-23(28)18-9-6-13-24-15-18/h2-11,13,15H,12,14,16H2,1H3,(H,25,28). The number of nitrogens with zero attached hydrogens (tertiary/aromatic N) is 3. The first-order valence-corrected chi connectivity index (χ1v) is 9.39. The Morgan fingerprint density at radius 3 is 2.68 bits per heavy atom. The number of benzene rings is 2. The van der Waals surface area contributed by atoms with E-state index in [9.17, 15) is 4.79 Å². The lowest BCUT2D eigenvalue weighted by molar-refractivity contribution is 0.0953. The van der Waals surface area contributed by atoms with Gasteiger partial charge in [0.05, 0.1) is 16.6 Å². The molecular weight excluding hydrogens is 348 g/mol. The van der Waals surface area contributed by atoms with Gasteiger partial charge in [-0.25, -0.2) is 4.98 Å². The third-order valence-electron chi connectivity index (χ3n) is 4.88. The van der Waals surface area contributed by atoms with Gasteiger partial charge in [0.15, 0.2) is 0 Å².